The molecule has 3 N–H and O–H groups in total. The number of aromatic nitrogens is 6. The van der Waals surface area contributed by atoms with Crippen LogP contribution >= 0.6 is 0 Å². The Morgan fingerprint density at radius 1 is 0.923 bits per heavy atom. The molecule has 4 aromatic rings. The van der Waals surface area contributed by atoms with Gasteiger partial charge >= 0.3 is 11.8 Å². The lowest BCUT2D eigenvalue weighted by molar-refractivity contribution is -0.197. The van der Waals surface area contributed by atoms with Gasteiger partial charge in [0, 0.05) is 23.7 Å². The van der Waals surface area contributed by atoms with Crippen LogP contribution in [0.4, 0.5) is 10.6 Å². The van der Waals surface area contributed by atoms with Gasteiger partial charge in [0.15, 0.2) is 49.6 Å². The van der Waals surface area contributed by atoms with Crippen molar-refractivity contribution >= 4 is 53.3 Å². The Morgan fingerprint density at radius 3 is 2.28 bits per heavy atom. The number of rotatable bonds is 12. The summed E-state index contributed by atoms with van der Waals surface area (Å²) in [4.78, 5) is 80.5. The molecule has 0 radical (unpaired) electrons. The van der Waals surface area contributed by atoms with Gasteiger partial charge in [-0.25, -0.2) is 33.0 Å². The normalized spacial score (nSPS) is 25.6. The number of carbonyl (C=O) groups is 3. The zero-order valence-corrected chi connectivity index (χ0v) is 39.4. The maximum atomic E-state index is 14.3. The zero-order valence-electron chi connectivity index (χ0n) is 37.6. The van der Waals surface area contributed by atoms with E-state index in [9.17, 15) is 32.4 Å². The van der Waals surface area contributed by atoms with E-state index in [2.05, 4.69) is 30.0 Å². The average Bonchev–Trinajstić information content (AvgIpc) is 3.93. The van der Waals surface area contributed by atoms with Gasteiger partial charge in [0.25, 0.3) is 17.4 Å². The van der Waals surface area contributed by atoms with E-state index in [1.165, 1.54) is 23.4 Å². The lowest BCUT2D eigenvalue weighted by atomic mass is 10.0. The molecule has 0 bridgehead atoms. The standard InChI is InChI=1S/C41H54N8O14SSi/c1-39(2,3)62-38(54)57-18-24-23(27(63-65(9,10)40(4,5)6)35(58-24)48-17-16-25(50)45-37(48)53)19-64(55,56)47-34(52)29-28-30(61-41(7,8)60-28)36(59-29)49-21-44-26-31(42-20-43-32(26)49)46-33(51)22-14-12-11-13-15-22/h11-17,20-21,23-24,27-30,35-36H,18-19H2,1-10H3,(H,47,52)(H,45,50,53)(H,42,43,46,51)/t23-,24-,27-,28-,29+,30-,35-,36-/m1/s1. The van der Waals surface area contributed by atoms with Crippen molar-refractivity contribution in [2.75, 3.05) is 17.7 Å². The maximum absolute atomic E-state index is 14.3. The monoisotopic (exact) mass is 942 g/mol. The Bertz CT molecular complexity index is 2680. The molecule has 0 aliphatic carbocycles. The highest BCUT2D eigenvalue weighted by molar-refractivity contribution is 7.90. The molecule has 8 atom stereocenters. The van der Waals surface area contributed by atoms with E-state index in [0.29, 0.717) is 5.56 Å². The molecule has 0 unspecified atom stereocenters. The largest absolute Gasteiger partial charge is 0.508 e. The number of fused-ring (bicyclic) bond motifs is 2. The number of benzene rings is 1. The van der Waals surface area contributed by atoms with Gasteiger partial charge < -0.3 is 38.2 Å². The Morgan fingerprint density at radius 2 is 1.62 bits per heavy atom. The third-order valence-electron chi connectivity index (χ3n) is 11.5. The molecule has 6 heterocycles. The summed E-state index contributed by atoms with van der Waals surface area (Å²) in [6.07, 6.45) is -5.81. The fourth-order valence-electron chi connectivity index (χ4n) is 7.51. The first-order chi connectivity index (χ1) is 30.2. The van der Waals surface area contributed by atoms with Crippen molar-refractivity contribution in [3.63, 3.8) is 0 Å². The van der Waals surface area contributed by atoms with Crippen molar-refractivity contribution < 1.29 is 55.6 Å². The molecule has 1 aromatic carbocycles. The molecule has 352 valence electrons. The summed E-state index contributed by atoms with van der Waals surface area (Å²) in [5.41, 5.74) is -1.67. The van der Waals surface area contributed by atoms with E-state index in [1.54, 1.807) is 65.0 Å². The van der Waals surface area contributed by atoms with Crippen LogP contribution in [0.5, 0.6) is 0 Å². The van der Waals surface area contributed by atoms with Gasteiger partial charge in [0.1, 0.15) is 36.8 Å². The maximum Gasteiger partial charge on any atom is 0.508 e. The number of sulfonamides is 1. The Labute approximate surface area is 374 Å². The highest BCUT2D eigenvalue weighted by atomic mass is 32.2. The van der Waals surface area contributed by atoms with E-state index in [4.69, 9.17) is 32.8 Å². The third kappa shape index (κ3) is 10.4. The number of hydrogen-bond donors (Lipinski definition) is 3. The Kier molecular flexibility index (Phi) is 12.8. The van der Waals surface area contributed by atoms with Crippen LogP contribution in [0.1, 0.15) is 78.2 Å². The lowest BCUT2D eigenvalue weighted by Gasteiger charge is -2.40. The van der Waals surface area contributed by atoms with Crippen LogP contribution in [-0.4, -0.2) is 118 Å². The number of aromatic amines is 1. The molecule has 3 aliphatic heterocycles. The summed E-state index contributed by atoms with van der Waals surface area (Å²) >= 11 is 0. The second kappa shape index (κ2) is 17.5. The minimum atomic E-state index is -4.67. The summed E-state index contributed by atoms with van der Waals surface area (Å²) in [6, 6.07) is 9.60. The summed E-state index contributed by atoms with van der Waals surface area (Å²) < 4.78 is 75.9. The number of nitrogens with zero attached hydrogens (tertiary/aromatic N) is 5. The topological polar surface area (TPSA) is 272 Å². The van der Waals surface area contributed by atoms with Gasteiger partial charge in [-0.3, -0.25) is 33.2 Å². The van der Waals surface area contributed by atoms with Crippen LogP contribution in [-0.2, 0) is 47.7 Å². The minimum Gasteiger partial charge on any atom is -0.431 e. The highest BCUT2D eigenvalue weighted by Crippen LogP contribution is 2.46. The smallest absolute Gasteiger partial charge is 0.431 e. The molecule has 22 nitrogen and oxygen atoms in total. The van der Waals surface area contributed by atoms with Crippen LogP contribution in [0.25, 0.3) is 11.2 Å². The lowest BCUT2D eigenvalue weighted by Crippen LogP contribution is -2.51. The van der Waals surface area contributed by atoms with Crippen LogP contribution in [0, 0.1) is 5.92 Å². The molecule has 3 aromatic heterocycles. The van der Waals surface area contributed by atoms with Crippen molar-refractivity contribution in [3.8, 4) is 0 Å². The van der Waals surface area contributed by atoms with Gasteiger partial charge in [0.05, 0.1) is 18.2 Å². The number of H-pyrrole nitrogens is 1. The van der Waals surface area contributed by atoms with Crippen molar-refractivity contribution in [3.05, 3.63) is 81.7 Å². The first-order valence-corrected chi connectivity index (χ1v) is 25.4. The van der Waals surface area contributed by atoms with Gasteiger partial charge in [-0.05, 0) is 64.9 Å². The fourth-order valence-corrected chi connectivity index (χ4v) is 10.2. The summed E-state index contributed by atoms with van der Waals surface area (Å²) in [5.74, 6) is -4.67. The van der Waals surface area contributed by atoms with E-state index in [1.807, 2.05) is 33.9 Å². The molecule has 65 heavy (non-hydrogen) atoms. The van der Waals surface area contributed by atoms with E-state index in [-0.39, 0.29) is 17.0 Å². The number of imidazole rings is 1. The number of hydrogen-bond acceptors (Lipinski definition) is 17. The van der Waals surface area contributed by atoms with Crippen molar-refractivity contribution in [2.24, 2.45) is 5.92 Å². The SMILES string of the molecule is CC(C)(C)OC(=O)OC[C@H]1O[C@@H](n2ccc(=O)[nH]c2=O)[C@H](O[Si](C)(C)C(C)(C)C)[C@@H]1CS(=O)(=O)NC(=O)[C@H]1O[C@@H](n2cnc3c(NC(=O)c4ccccc4)ncnc32)[C@@H]2OC(C)(C)O[C@@H]21. The molecule has 2 amide bonds. The molecular weight excluding hydrogens is 889 g/mol. The van der Waals surface area contributed by atoms with Crippen LogP contribution in [0.2, 0.25) is 18.1 Å². The van der Waals surface area contributed by atoms with Gasteiger partial charge in [0.2, 0.25) is 10.0 Å². The van der Waals surface area contributed by atoms with Gasteiger partial charge in [-0.2, -0.15) is 0 Å². The van der Waals surface area contributed by atoms with Crippen LogP contribution in [0.15, 0.2) is 64.8 Å². The highest BCUT2D eigenvalue weighted by Gasteiger charge is 2.59. The summed E-state index contributed by atoms with van der Waals surface area (Å²) in [6.45, 7) is 17.4. The molecule has 0 spiro atoms. The molecular formula is C41H54N8O14SSi. The van der Waals surface area contributed by atoms with Crippen LogP contribution < -0.4 is 21.3 Å². The predicted octanol–water partition coefficient (Wildman–Crippen LogP) is 3.35. The second-order valence-corrected chi connectivity index (χ2v) is 25.5. The molecule has 0 saturated carbocycles. The quantitative estimate of drug-likeness (QED) is 0.136. The predicted molar refractivity (Wildman–Crippen MR) is 232 cm³/mol. The Hall–Kier alpha value is -5.37. The van der Waals surface area contributed by atoms with Crippen molar-refractivity contribution in [1.29, 1.82) is 0 Å². The van der Waals surface area contributed by atoms with Gasteiger partial charge in [-0.1, -0.05) is 39.0 Å². The van der Waals surface area contributed by atoms with E-state index in [0.717, 1.165) is 10.6 Å². The average molecular weight is 943 g/mol. The third-order valence-corrected chi connectivity index (χ3v) is 17.3. The minimum absolute atomic E-state index is 0.107. The number of anilines is 1. The molecule has 3 fully saturated rings. The van der Waals surface area contributed by atoms with Gasteiger partial charge in [-0.15, -0.1) is 0 Å². The first kappa shape index (κ1) is 47.6. The van der Waals surface area contributed by atoms with Crippen molar-refractivity contribution in [2.45, 2.75) is 128 Å². The Balaban J connectivity index is 1.17. The van der Waals surface area contributed by atoms with E-state index < -0.39 is 125 Å². The van der Waals surface area contributed by atoms with E-state index >= 15 is 0 Å². The summed E-state index contributed by atoms with van der Waals surface area (Å²) in [5, 5.41) is 2.31. The summed E-state index contributed by atoms with van der Waals surface area (Å²) in [7, 11) is -7.50. The zero-order chi connectivity index (χ0) is 47.4. The number of nitrogens with one attached hydrogen (secondary N) is 3. The second-order valence-electron chi connectivity index (χ2n) is 19.0. The molecule has 24 heteroatoms. The fraction of sp³-hybridized carbons (Fsp3) is 0.561. The number of amides is 2. The molecule has 3 saturated heterocycles. The molecule has 3 aliphatic rings. The molecule has 7 rings (SSSR count). The number of carbonyl (C=O) groups excluding carboxylic acids is 3. The van der Waals surface area contributed by atoms with Crippen LogP contribution in [0.3, 0.4) is 0 Å². The van der Waals surface area contributed by atoms with Crippen molar-refractivity contribution in [1.82, 2.24) is 33.8 Å². The first-order valence-electron chi connectivity index (χ1n) is 20.8. The number of ether oxygens (including phenoxy) is 6.